The molecule has 0 saturated carbocycles. The summed E-state index contributed by atoms with van der Waals surface area (Å²) in [4.78, 5) is 24.3. The lowest BCUT2D eigenvalue weighted by atomic mass is 10.1. The van der Waals surface area contributed by atoms with Crippen LogP contribution in [0, 0.1) is 11.3 Å². The molecule has 1 fully saturated rings. The van der Waals surface area contributed by atoms with Gasteiger partial charge in [0.2, 0.25) is 11.8 Å². The number of carbonyl (C=O) groups excluding carboxylic acids is 2. The third-order valence-electron chi connectivity index (χ3n) is 2.42. The maximum atomic E-state index is 11.6. The molecule has 1 aliphatic rings. The van der Waals surface area contributed by atoms with Crippen molar-refractivity contribution >= 4 is 17.6 Å². The lowest BCUT2D eigenvalue weighted by Gasteiger charge is -2.22. The zero-order chi connectivity index (χ0) is 11.7. The molecule has 1 aliphatic heterocycles. The van der Waals surface area contributed by atoms with Crippen LogP contribution >= 0.6 is 0 Å². The number of piperidine rings is 1. The predicted octanol–water partition coefficient (Wildman–Crippen LogP) is 0.335. The van der Waals surface area contributed by atoms with Gasteiger partial charge in [-0.15, -0.1) is 0 Å². The molecule has 1 aromatic heterocycles. The Bertz CT molecular complexity index is 481. The minimum absolute atomic E-state index is 0.153. The van der Waals surface area contributed by atoms with Crippen molar-refractivity contribution in [2.24, 2.45) is 7.05 Å². The van der Waals surface area contributed by atoms with E-state index in [1.807, 2.05) is 6.07 Å². The van der Waals surface area contributed by atoms with Crippen molar-refractivity contribution in [1.82, 2.24) is 9.78 Å². The number of rotatable bonds is 1. The van der Waals surface area contributed by atoms with E-state index in [2.05, 4.69) is 5.10 Å². The molecule has 1 saturated heterocycles. The number of hydrogen-bond donors (Lipinski definition) is 0. The molecule has 16 heavy (non-hydrogen) atoms. The standard InChI is InChI=1S/C10H10N4O2/c1-13-6-7(5-11)10(12-13)14-8(15)3-2-4-9(14)16/h6H,2-4H2,1H3. The van der Waals surface area contributed by atoms with E-state index in [-0.39, 0.29) is 23.2 Å². The smallest absolute Gasteiger partial charge is 0.235 e. The number of aryl methyl sites for hydroxylation is 1. The van der Waals surface area contributed by atoms with Crippen molar-refractivity contribution in [2.75, 3.05) is 4.90 Å². The first kappa shape index (κ1) is 10.4. The highest BCUT2D eigenvalue weighted by Crippen LogP contribution is 2.23. The molecule has 0 aromatic carbocycles. The fourth-order valence-electron chi connectivity index (χ4n) is 1.71. The molecule has 0 spiro atoms. The fraction of sp³-hybridized carbons (Fsp3) is 0.400. The summed E-state index contributed by atoms with van der Waals surface area (Å²) in [6.45, 7) is 0. The van der Waals surface area contributed by atoms with Crippen LogP contribution in [0.1, 0.15) is 24.8 Å². The van der Waals surface area contributed by atoms with Crippen LogP contribution in [0.15, 0.2) is 6.20 Å². The van der Waals surface area contributed by atoms with Gasteiger partial charge in [-0.3, -0.25) is 14.3 Å². The van der Waals surface area contributed by atoms with E-state index in [9.17, 15) is 9.59 Å². The molecule has 2 amide bonds. The number of nitrogens with zero attached hydrogens (tertiary/aromatic N) is 4. The number of imide groups is 1. The topological polar surface area (TPSA) is 79.0 Å². The van der Waals surface area contributed by atoms with Crippen molar-refractivity contribution < 1.29 is 9.59 Å². The first-order valence-electron chi connectivity index (χ1n) is 4.93. The Morgan fingerprint density at radius 1 is 1.38 bits per heavy atom. The quantitative estimate of drug-likeness (QED) is 0.636. The van der Waals surface area contributed by atoms with E-state index in [1.165, 1.54) is 10.9 Å². The number of anilines is 1. The van der Waals surface area contributed by atoms with Gasteiger partial charge in [0.15, 0.2) is 5.82 Å². The van der Waals surface area contributed by atoms with Crippen LogP contribution in [-0.4, -0.2) is 21.6 Å². The summed E-state index contributed by atoms with van der Waals surface area (Å²) in [5, 5.41) is 12.9. The van der Waals surface area contributed by atoms with Crippen molar-refractivity contribution in [2.45, 2.75) is 19.3 Å². The predicted molar refractivity (Wildman–Crippen MR) is 54.3 cm³/mol. The second kappa shape index (κ2) is 3.77. The largest absolute Gasteiger partial charge is 0.274 e. The van der Waals surface area contributed by atoms with Gasteiger partial charge in [-0.1, -0.05) is 0 Å². The molecule has 2 rings (SSSR count). The fourth-order valence-corrected chi connectivity index (χ4v) is 1.71. The van der Waals surface area contributed by atoms with Crippen LogP contribution in [0.5, 0.6) is 0 Å². The SMILES string of the molecule is Cn1cc(C#N)c(N2C(=O)CCCC2=O)n1. The molecular weight excluding hydrogens is 208 g/mol. The Morgan fingerprint density at radius 3 is 2.56 bits per heavy atom. The lowest BCUT2D eigenvalue weighted by molar-refractivity contribution is -0.129. The van der Waals surface area contributed by atoms with Crippen molar-refractivity contribution in [1.29, 1.82) is 5.26 Å². The number of amides is 2. The van der Waals surface area contributed by atoms with E-state index < -0.39 is 0 Å². The van der Waals surface area contributed by atoms with Gasteiger partial charge < -0.3 is 0 Å². The summed E-state index contributed by atoms with van der Waals surface area (Å²) in [6.07, 6.45) is 2.72. The third-order valence-corrected chi connectivity index (χ3v) is 2.42. The second-order valence-electron chi connectivity index (χ2n) is 3.63. The Kier molecular flexibility index (Phi) is 2.44. The van der Waals surface area contributed by atoms with Crippen LogP contribution < -0.4 is 4.90 Å². The van der Waals surface area contributed by atoms with E-state index in [0.717, 1.165) is 4.90 Å². The van der Waals surface area contributed by atoms with Crippen LogP contribution in [0.3, 0.4) is 0 Å². The van der Waals surface area contributed by atoms with Crippen molar-refractivity contribution in [3.8, 4) is 6.07 Å². The van der Waals surface area contributed by atoms with Crippen LogP contribution in [0.25, 0.3) is 0 Å². The number of aromatic nitrogens is 2. The third kappa shape index (κ3) is 1.56. The van der Waals surface area contributed by atoms with Gasteiger partial charge in [-0.2, -0.15) is 10.4 Å². The zero-order valence-electron chi connectivity index (χ0n) is 8.80. The van der Waals surface area contributed by atoms with Crippen LogP contribution in [-0.2, 0) is 16.6 Å². The van der Waals surface area contributed by atoms with Gasteiger partial charge >= 0.3 is 0 Å². The number of hydrogen-bond acceptors (Lipinski definition) is 4. The normalized spacial score (nSPS) is 16.4. The summed E-state index contributed by atoms with van der Waals surface area (Å²) in [5.74, 6) is -0.419. The minimum Gasteiger partial charge on any atom is -0.274 e. The van der Waals surface area contributed by atoms with Crippen LogP contribution in [0.4, 0.5) is 5.82 Å². The lowest BCUT2D eigenvalue weighted by Crippen LogP contribution is -2.40. The Balaban J connectivity index is 2.46. The molecule has 0 N–H and O–H groups in total. The molecule has 6 nitrogen and oxygen atoms in total. The van der Waals surface area contributed by atoms with Crippen molar-refractivity contribution in [3.05, 3.63) is 11.8 Å². The second-order valence-corrected chi connectivity index (χ2v) is 3.63. The van der Waals surface area contributed by atoms with E-state index in [0.29, 0.717) is 19.3 Å². The molecular formula is C10H10N4O2. The average Bonchev–Trinajstić information content (AvgIpc) is 2.59. The van der Waals surface area contributed by atoms with E-state index >= 15 is 0 Å². The summed E-state index contributed by atoms with van der Waals surface area (Å²) >= 11 is 0. The molecule has 2 heterocycles. The Morgan fingerprint density at radius 2 is 2.00 bits per heavy atom. The molecule has 0 unspecified atom stereocenters. The Labute approximate surface area is 92.1 Å². The molecule has 6 heteroatoms. The summed E-state index contributed by atoms with van der Waals surface area (Å²) in [5.41, 5.74) is 0.242. The highest BCUT2D eigenvalue weighted by atomic mass is 16.2. The molecule has 0 aliphatic carbocycles. The highest BCUT2D eigenvalue weighted by molar-refractivity contribution is 6.16. The first-order valence-corrected chi connectivity index (χ1v) is 4.93. The first-order chi connectivity index (χ1) is 7.63. The van der Waals surface area contributed by atoms with Gasteiger partial charge in [0.25, 0.3) is 0 Å². The highest BCUT2D eigenvalue weighted by Gasteiger charge is 2.31. The maximum absolute atomic E-state index is 11.6. The van der Waals surface area contributed by atoms with Crippen molar-refractivity contribution in [3.63, 3.8) is 0 Å². The molecule has 0 radical (unpaired) electrons. The van der Waals surface area contributed by atoms with Gasteiger partial charge in [0.05, 0.1) is 0 Å². The minimum atomic E-state index is -0.286. The molecule has 0 atom stereocenters. The zero-order valence-corrected chi connectivity index (χ0v) is 8.80. The molecule has 1 aromatic rings. The Hall–Kier alpha value is -2.16. The van der Waals surface area contributed by atoms with Gasteiger partial charge in [-0.05, 0) is 6.42 Å². The monoisotopic (exact) mass is 218 g/mol. The molecule has 0 bridgehead atoms. The van der Waals surface area contributed by atoms with Gasteiger partial charge in [-0.25, -0.2) is 4.90 Å². The summed E-state index contributed by atoms with van der Waals surface area (Å²) < 4.78 is 1.42. The van der Waals surface area contributed by atoms with E-state index in [1.54, 1.807) is 7.05 Å². The van der Waals surface area contributed by atoms with Gasteiger partial charge in [0, 0.05) is 26.1 Å². The number of carbonyl (C=O) groups is 2. The van der Waals surface area contributed by atoms with E-state index in [4.69, 9.17) is 5.26 Å². The molecule has 82 valence electrons. The maximum Gasteiger partial charge on any atom is 0.235 e. The number of nitriles is 1. The average molecular weight is 218 g/mol. The van der Waals surface area contributed by atoms with Crippen LogP contribution in [0.2, 0.25) is 0 Å². The summed E-state index contributed by atoms with van der Waals surface area (Å²) in [7, 11) is 1.64. The summed E-state index contributed by atoms with van der Waals surface area (Å²) in [6, 6.07) is 1.93. The van der Waals surface area contributed by atoms with Gasteiger partial charge in [0.1, 0.15) is 11.6 Å².